The normalized spacial score (nSPS) is 16.5. The van der Waals surface area contributed by atoms with Crippen molar-refractivity contribution in [2.45, 2.75) is 19.3 Å². The van der Waals surface area contributed by atoms with E-state index in [4.69, 9.17) is 5.73 Å². The summed E-state index contributed by atoms with van der Waals surface area (Å²) in [6.07, 6.45) is 2.19. The number of hydrogen-bond acceptors (Lipinski definition) is 4. The van der Waals surface area contributed by atoms with E-state index in [2.05, 4.69) is 0 Å². The van der Waals surface area contributed by atoms with E-state index in [-0.39, 0.29) is 11.8 Å². The third-order valence-electron chi connectivity index (χ3n) is 2.52. The second-order valence-electron chi connectivity index (χ2n) is 3.92. The smallest absolute Gasteiger partial charge is 0.243 e. The van der Waals surface area contributed by atoms with Gasteiger partial charge in [-0.1, -0.05) is 0 Å². The quantitative estimate of drug-likeness (QED) is 0.663. The Balaban J connectivity index is 2.31. The Morgan fingerprint density at radius 3 is 2.87 bits per heavy atom. The van der Waals surface area contributed by atoms with Gasteiger partial charge in [-0.05, 0) is 33.0 Å². The van der Waals surface area contributed by atoms with Crippen molar-refractivity contribution in [3.8, 4) is 0 Å². The number of likely N-dealkylation sites (tertiary alicyclic amines) is 1. The van der Waals surface area contributed by atoms with Gasteiger partial charge in [0.25, 0.3) is 0 Å². The fourth-order valence-electron chi connectivity index (χ4n) is 1.67. The highest BCUT2D eigenvalue weighted by Gasteiger charge is 2.26. The third-order valence-corrected chi connectivity index (χ3v) is 2.52. The first-order chi connectivity index (χ1) is 7.15. The first-order valence-corrected chi connectivity index (χ1v) is 5.37. The van der Waals surface area contributed by atoms with Crippen LogP contribution in [0.25, 0.3) is 0 Å². The van der Waals surface area contributed by atoms with Crippen molar-refractivity contribution in [1.29, 1.82) is 0 Å². The van der Waals surface area contributed by atoms with Crippen LogP contribution >= 0.6 is 0 Å². The van der Waals surface area contributed by atoms with Crippen molar-refractivity contribution in [3.63, 3.8) is 0 Å². The molecule has 1 heterocycles. The molecule has 0 unspecified atom stereocenters. The minimum absolute atomic E-state index is 0.0350. The van der Waals surface area contributed by atoms with Crippen LogP contribution in [0, 0.1) is 0 Å². The monoisotopic (exact) mass is 213 g/mol. The number of amides is 2. The maximum atomic E-state index is 11.7. The van der Waals surface area contributed by atoms with Gasteiger partial charge in [-0.3, -0.25) is 19.4 Å². The number of hydrogen-bond donors (Lipinski definition) is 1. The molecule has 1 aliphatic heterocycles. The van der Waals surface area contributed by atoms with Gasteiger partial charge in [0, 0.05) is 13.0 Å². The summed E-state index contributed by atoms with van der Waals surface area (Å²) in [6.45, 7) is 2.32. The topological polar surface area (TPSA) is 66.6 Å². The Labute approximate surface area is 90.2 Å². The van der Waals surface area contributed by atoms with Crippen LogP contribution in [-0.4, -0.2) is 54.8 Å². The van der Waals surface area contributed by atoms with Gasteiger partial charge in [0.05, 0.1) is 6.54 Å². The number of carbonyl (C=O) groups excluding carboxylic acids is 2. The average molecular weight is 213 g/mol. The van der Waals surface area contributed by atoms with Crippen LogP contribution in [0.2, 0.25) is 0 Å². The largest absolute Gasteiger partial charge is 0.330 e. The number of nitrogens with two attached hydrogens (primary N) is 1. The molecule has 0 spiro atoms. The molecule has 0 atom stereocenters. The highest BCUT2D eigenvalue weighted by Crippen LogP contribution is 2.09. The molecule has 0 aliphatic carbocycles. The zero-order valence-corrected chi connectivity index (χ0v) is 9.24. The van der Waals surface area contributed by atoms with Crippen molar-refractivity contribution in [1.82, 2.24) is 9.80 Å². The fraction of sp³-hybridized carbons (Fsp3) is 0.800. The third kappa shape index (κ3) is 3.60. The van der Waals surface area contributed by atoms with Gasteiger partial charge in [0.2, 0.25) is 11.8 Å². The van der Waals surface area contributed by atoms with Gasteiger partial charge in [0.1, 0.15) is 0 Å². The Morgan fingerprint density at radius 1 is 1.60 bits per heavy atom. The van der Waals surface area contributed by atoms with E-state index in [0.717, 1.165) is 19.4 Å². The van der Waals surface area contributed by atoms with Crippen LogP contribution in [0.15, 0.2) is 0 Å². The van der Waals surface area contributed by atoms with E-state index in [1.807, 2.05) is 11.9 Å². The molecule has 0 aromatic rings. The Kier molecular flexibility index (Phi) is 4.71. The number of likely N-dealkylation sites (N-methyl/N-ethyl adjacent to an activating group) is 1. The summed E-state index contributed by atoms with van der Waals surface area (Å²) in [5, 5.41) is 0. The fourth-order valence-corrected chi connectivity index (χ4v) is 1.67. The Morgan fingerprint density at radius 2 is 2.33 bits per heavy atom. The molecule has 0 saturated carbocycles. The summed E-state index contributed by atoms with van der Waals surface area (Å²) in [5.74, 6) is -0.121. The molecular formula is C10H19N3O2. The molecule has 5 nitrogen and oxygen atoms in total. The maximum Gasteiger partial charge on any atom is 0.243 e. The van der Waals surface area contributed by atoms with Gasteiger partial charge in [0.15, 0.2) is 0 Å². The minimum Gasteiger partial charge on any atom is -0.330 e. The zero-order chi connectivity index (χ0) is 11.3. The molecule has 1 fully saturated rings. The van der Waals surface area contributed by atoms with E-state index in [1.165, 1.54) is 4.90 Å². The van der Waals surface area contributed by atoms with Crippen molar-refractivity contribution in [2.75, 3.05) is 33.2 Å². The van der Waals surface area contributed by atoms with Crippen molar-refractivity contribution >= 4 is 11.8 Å². The van der Waals surface area contributed by atoms with Crippen LogP contribution in [0.5, 0.6) is 0 Å². The van der Waals surface area contributed by atoms with E-state index >= 15 is 0 Å². The molecule has 86 valence electrons. The second kappa shape index (κ2) is 5.82. The van der Waals surface area contributed by atoms with Gasteiger partial charge >= 0.3 is 0 Å². The molecule has 2 amide bonds. The van der Waals surface area contributed by atoms with Gasteiger partial charge in [-0.15, -0.1) is 0 Å². The summed E-state index contributed by atoms with van der Waals surface area (Å²) in [7, 11) is 1.87. The van der Waals surface area contributed by atoms with Gasteiger partial charge in [-0.2, -0.15) is 0 Å². The summed E-state index contributed by atoms with van der Waals surface area (Å²) < 4.78 is 0. The van der Waals surface area contributed by atoms with Crippen LogP contribution in [0.4, 0.5) is 0 Å². The van der Waals surface area contributed by atoms with E-state index in [1.54, 1.807) is 0 Å². The molecular weight excluding hydrogens is 194 g/mol. The number of imide groups is 1. The Hall–Kier alpha value is -0.940. The molecule has 0 aromatic carbocycles. The number of nitrogens with zero attached hydrogens (tertiary/aromatic N) is 2. The lowest BCUT2D eigenvalue weighted by Crippen LogP contribution is -2.40. The molecule has 2 N–H and O–H groups in total. The highest BCUT2D eigenvalue weighted by molar-refractivity contribution is 5.97. The van der Waals surface area contributed by atoms with E-state index in [9.17, 15) is 9.59 Å². The lowest BCUT2D eigenvalue weighted by atomic mass is 10.4. The Bertz CT molecular complexity index is 243. The van der Waals surface area contributed by atoms with Crippen LogP contribution < -0.4 is 5.73 Å². The molecule has 1 aliphatic rings. The first-order valence-electron chi connectivity index (χ1n) is 5.37. The molecule has 1 saturated heterocycles. The molecule has 15 heavy (non-hydrogen) atoms. The molecule has 0 radical (unpaired) electrons. The van der Waals surface area contributed by atoms with Crippen LogP contribution in [0.1, 0.15) is 19.3 Å². The standard InChI is InChI=1S/C10H19N3O2/c1-12(6-3-5-11)8-10(15)13-7-2-4-9(13)14/h2-8,11H2,1H3. The number of carbonyl (C=O) groups is 2. The molecule has 1 rings (SSSR count). The zero-order valence-electron chi connectivity index (χ0n) is 9.24. The summed E-state index contributed by atoms with van der Waals surface area (Å²) in [6, 6.07) is 0. The van der Waals surface area contributed by atoms with E-state index < -0.39 is 0 Å². The van der Waals surface area contributed by atoms with Crippen LogP contribution in [0.3, 0.4) is 0 Å². The average Bonchev–Trinajstić information content (AvgIpc) is 2.61. The van der Waals surface area contributed by atoms with Crippen LogP contribution in [-0.2, 0) is 9.59 Å². The summed E-state index contributed by atoms with van der Waals surface area (Å²) in [4.78, 5) is 26.2. The predicted molar refractivity (Wildman–Crippen MR) is 57.1 cm³/mol. The highest BCUT2D eigenvalue weighted by atomic mass is 16.2. The maximum absolute atomic E-state index is 11.7. The van der Waals surface area contributed by atoms with Gasteiger partial charge < -0.3 is 5.73 Å². The predicted octanol–water partition coefficient (Wildman–Crippen LogP) is -0.584. The van der Waals surface area contributed by atoms with Gasteiger partial charge in [-0.25, -0.2) is 0 Å². The molecule has 5 heteroatoms. The van der Waals surface area contributed by atoms with Crippen molar-refractivity contribution < 1.29 is 9.59 Å². The summed E-state index contributed by atoms with van der Waals surface area (Å²) in [5.41, 5.74) is 5.38. The van der Waals surface area contributed by atoms with Crippen molar-refractivity contribution in [3.05, 3.63) is 0 Å². The van der Waals surface area contributed by atoms with E-state index in [0.29, 0.717) is 26.1 Å². The summed E-state index contributed by atoms with van der Waals surface area (Å²) >= 11 is 0. The first kappa shape index (κ1) is 12.1. The second-order valence-corrected chi connectivity index (χ2v) is 3.92. The molecule has 0 bridgehead atoms. The lowest BCUT2D eigenvalue weighted by Gasteiger charge is -2.19. The molecule has 0 aromatic heterocycles. The minimum atomic E-state index is -0.0861. The number of rotatable bonds is 5. The SMILES string of the molecule is CN(CCCN)CC(=O)N1CCCC1=O. The lowest BCUT2D eigenvalue weighted by molar-refractivity contribution is -0.142. The van der Waals surface area contributed by atoms with Crippen molar-refractivity contribution in [2.24, 2.45) is 5.73 Å².